The van der Waals surface area contributed by atoms with Gasteiger partial charge in [0.05, 0.1) is 0 Å². The van der Waals surface area contributed by atoms with Crippen LogP contribution in [-0.2, 0) is 6.54 Å². The van der Waals surface area contributed by atoms with Crippen molar-refractivity contribution in [3.05, 3.63) is 29.8 Å². The van der Waals surface area contributed by atoms with Crippen LogP contribution in [0.4, 0.5) is 8.78 Å². The third kappa shape index (κ3) is 6.03. The number of aliphatic imine (C=N–C) groups is 1. The third-order valence-electron chi connectivity index (χ3n) is 2.35. The first-order valence-electron chi connectivity index (χ1n) is 6.14. The van der Waals surface area contributed by atoms with Crippen molar-refractivity contribution in [2.45, 2.75) is 26.5 Å². The number of nitrogens with one attached hydrogen (secondary N) is 2. The average Bonchev–Trinajstić information content (AvgIpc) is 2.38. The zero-order valence-corrected chi connectivity index (χ0v) is 11.1. The van der Waals surface area contributed by atoms with Gasteiger partial charge in [-0.1, -0.05) is 19.1 Å². The van der Waals surface area contributed by atoms with Gasteiger partial charge in [-0.2, -0.15) is 8.78 Å². The summed E-state index contributed by atoms with van der Waals surface area (Å²) in [6.07, 6.45) is 0.998. The summed E-state index contributed by atoms with van der Waals surface area (Å²) in [5, 5.41) is 6.22. The van der Waals surface area contributed by atoms with E-state index >= 15 is 0 Å². The largest absolute Gasteiger partial charge is 0.435 e. The molecule has 0 aromatic heterocycles. The van der Waals surface area contributed by atoms with E-state index in [9.17, 15) is 8.78 Å². The number of guanidine groups is 1. The Bertz CT molecular complexity index is 411. The Morgan fingerprint density at radius 3 is 2.79 bits per heavy atom. The van der Waals surface area contributed by atoms with E-state index in [4.69, 9.17) is 0 Å². The van der Waals surface area contributed by atoms with Gasteiger partial charge in [-0.15, -0.1) is 0 Å². The summed E-state index contributed by atoms with van der Waals surface area (Å²) in [7, 11) is 1.68. The molecular formula is C13H19F2N3O. The van der Waals surface area contributed by atoms with Crippen LogP contribution in [0.2, 0.25) is 0 Å². The van der Waals surface area contributed by atoms with Crippen LogP contribution in [0.3, 0.4) is 0 Å². The molecule has 2 N–H and O–H groups in total. The van der Waals surface area contributed by atoms with Crippen molar-refractivity contribution >= 4 is 5.96 Å². The van der Waals surface area contributed by atoms with Crippen molar-refractivity contribution in [1.29, 1.82) is 0 Å². The molecule has 0 fully saturated rings. The minimum Gasteiger partial charge on any atom is -0.435 e. The number of ether oxygens (including phenoxy) is 1. The maximum atomic E-state index is 12.1. The van der Waals surface area contributed by atoms with E-state index in [0.717, 1.165) is 18.5 Å². The summed E-state index contributed by atoms with van der Waals surface area (Å²) in [5.41, 5.74) is 0.845. The molecule has 6 heteroatoms. The zero-order valence-electron chi connectivity index (χ0n) is 11.1. The number of alkyl halides is 2. The second-order valence-corrected chi connectivity index (χ2v) is 3.88. The molecule has 0 unspecified atom stereocenters. The average molecular weight is 271 g/mol. The number of hydrogen-bond acceptors (Lipinski definition) is 2. The first-order chi connectivity index (χ1) is 9.15. The molecular weight excluding hydrogens is 252 g/mol. The van der Waals surface area contributed by atoms with E-state index in [-0.39, 0.29) is 5.75 Å². The van der Waals surface area contributed by atoms with Crippen LogP contribution in [0.5, 0.6) is 5.75 Å². The molecule has 0 atom stereocenters. The lowest BCUT2D eigenvalue weighted by Gasteiger charge is -2.12. The second-order valence-electron chi connectivity index (χ2n) is 3.88. The fraction of sp³-hybridized carbons (Fsp3) is 0.462. The first-order valence-corrected chi connectivity index (χ1v) is 6.14. The zero-order chi connectivity index (χ0) is 14.1. The van der Waals surface area contributed by atoms with Gasteiger partial charge in [0.2, 0.25) is 0 Å². The SMILES string of the molecule is CCCNC(=NC)NCc1cccc(OC(F)F)c1. The molecule has 0 saturated heterocycles. The molecule has 1 aromatic carbocycles. The van der Waals surface area contributed by atoms with E-state index in [1.54, 1.807) is 19.2 Å². The Hall–Kier alpha value is -1.85. The first kappa shape index (κ1) is 15.2. The molecule has 1 aromatic rings. The Morgan fingerprint density at radius 1 is 1.37 bits per heavy atom. The highest BCUT2D eigenvalue weighted by molar-refractivity contribution is 5.79. The summed E-state index contributed by atoms with van der Waals surface area (Å²) in [6.45, 7) is 0.575. The van der Waals surface area contributed by atoms with Crippen LogP contribution >= 0.6 is 0 Å². The van der Waals surface area contributed by atoms with E-state index in [0.29, 0.717) is 12.5 Å². The summed E-state index contributed by atoms with van der Waals surface area (Å²) in [5.74, 6) is 0.841. The lowest BCUT2D eigenvalue weighted by atomic mass is 10.2. The number of rotatable bonds is 6. The second kappa shape index (κ2) is 8.29. The monoisotopic (exact) mass is 271 g/mol. The fourth-order valence-corrected chi connectivity index (χ4v) is 1.48. The predicted molar refractivity (Wildman–Crippen MR) is 71.6 cm³/mol. The minimum absolute atomic E-state index is 0.158. The number of hydrogen-bond donors (Lipinski definition) is 2. The van der Waals surface area contributed by atoms with E-state index in [1.807, 2.05) is 6.07 Å². The molecule has 0 aliphatic rings. The van der Waals surface area contributed by atoms with Crippen molar-refractivity contribution in [2.24, 2.45) is 4.99 Å². The van der Waals surface area contributed by atoms with Gasteiger partial charge in [-0.05, 0) is 24.1 Å². The van der Waals surface area contributed by atoms with Crippen molar-refractivity contribution < 1.29 is 13.5 Å². The van der Waals surface area contributed by atoms with E-state index in [2.05, 4.69) is 27.3 Å². The van der Waals surface area contributed by atoms with Gasteiger partial charge in [-0.25, -0.2) is 0 Å². The Kier molecular flexibility index (Phi) is 6.63. The van der Waals surface area contributed by atoms with Gasteiger partial charge < -0.3 is 15.4 Å². The number of halogens is 2. The lowest BCUT2D eigenvalue weighted by molar-refractivity contribution is -0.0498. The standard InChI is InChI=1S/C13H19F2N3O/c1-3-7-17-13(16-2)18-9-10-5-4-6-11(8-10)19-12(14)15/h4-6,8,12H,3,7,9H2,1-2H3,(H2,16,17,18). The quantitative estimate of drug-likeness (QED) is 0.617. The molecule has 0 amide bonds. The lowest BCUT2D eigenvalue weighted by Crippen LogP contribution is -2.37. The topological polar surface area (TPSA) is 45.7 Å². The summed E-state index contributed by atoms with van der Waals surface area (Å²) in [4.78, 5) is 4.05. The van der Waals surface area contributed by atoms with Gasteiger partial charge in [0, 0.05) is 20.1 Å². The molecule has 0 spiro atoms. The van der Waals surface area contributed by atoms with E-state index < -0.39 is 6.61 Å². The van der Waals surface area contributed by atoms with Crippen LogP contribution in [0.25, 0.3) is 0 Å². The summed E-state index contributed by atoms with van der Waals surface area (Å²) in [6, 6.07) is 6.58. The Balaban J connectivity index is 2.52. The number of benzene rings is 1. The maximum absolute atomic E-state index is 12.1. The number of nitrogens with zero attached hydrogens (tertiary/aromatic N) is 1. The molecule has 4 nitrogen and oxygen atoms in total. The van der Waals surface area contributed by atoms with Gasteiger partial charge in [0.1, 0.15) is 5.75 Å². The molecule has 106 valence electrons. The maximum Gasteiger partial charge on any atom is 0.387 e. The van der Waals surface area contributed by atoms with Gasteiger partial charge in [0.15, 0.2) is 5.96 Å². The smallest absolute Gasteiger partial charge is 0.387 e. The van der Waals surface area contributed by atoms with Gasteiger partial charge >= 0.3 is 6.61 Å². The van der Waals surface area contributed by atoms with Crippen LogP contribution in [-0.4, -0.2) is 26.2 Å². The highest BCUT2D eigenvalue weighted by atomic mass is 19.3. The predicted octanol–water partition coefficient (Wildman–Crippen LogP) is 2.36. The van der Waals surface area contributed by atoms with Gasteiger partial charge in [0.25, 0.3) is 0 Å². The van der Waals surface area contributed by atoms with Gasteiger partial charge in [-0.3, -0.25) is 4.99 Å². The summed E-state index contributed by atoms with van der Waals surface area (Å²) >= 11 is 0. The van der Waals surface area contributed by atoms with Crippen molar-refractivity contribution in [3.8, 4) is 5.75 Å². The fourth-order valence-electron chi connectivity index (χ4n) is 1.48. The van der Waals surface area contributed by atoms with Crippen molar-refractivity contribution in [2.75, 3.05) is 13.6 Å². The van der Waals surface area contributed by atoms with Crippen LogP contribution in [0.15, 0.2) is 29.3 Å². The normalized spacial score (nSPS) is 11.5. The highest BCUT2D eigenvalue weighted by Crippen LogP contribution is 2.15. The molecule has 0 heterocycles. The Labute approximate surface area is 111 Å². The third-order valence-corrected chi connectivity index (χ3v) is 2.35. The van der Waals surface area contributed by atoms with Crippen LogP contribution in [0, 0.1) is 0 Å². The van der Waals surface area contributed by atoms with Crippen LogP contribution < -0.4 is 15.4 Å². The molecule has 0 radical (unpaired) electrons. The van der Waals surface area contributed by atoms with Crippen molar-refractivity contribution in [3.63, 3.8) is 0 Å². The molecule has 1 rings (SSSR count). The molecule has 19 heavy (non-hydrogen) atoms. The molecule has 0 aliphatic heterocycles. The van der Waals surface area contributed by atoms with E-state index in [1.165, 1.54) is 6.07 Å². The van der Waals surface area contributed by atoms with Crippen LogP contribution in [0.1, 0.15) is 18.9 Å². The molecule has 0 aliphatic carbocycles. The highest BCUT2D eigenvalue weighted by Gasteiger charge is 2.04. The minimum atomic E-state index is -2.80. The molecule has 0 saturated carbocycles. The molecule has 0 bridgehead atoms. The summed E-state index contributed by atoms with van der Waals surface area (Å²) < 4.78 is 28.5. The Morgan fingerprint density at radius 2 is 2.16 bits per heavy atom. The van der Waals surface area contributed by atoms with Crippen molar-refractivity contribution in [1.82, 2.24) is 10.6 Å².